The van der Waals surface area contributed by atoms with Crippen molar-refractivity contribution in [2.24, 2.45) is 0 Å². The first-order valence-electron chi connectivity index (χ1n) is 9.65. The second kappa shape index (κ2) is 8.49. The minimum Gasteiger partial charge on any atom is -0.497 e. The summed E-state index contributed by atoms with van der Waals surface area (Å²) in [6, 6.07) is 12.8. The molecule has 4 aromatic rings. The summed E-state index contributed by atoms with van der Waals surface area (Å²) in [6.45, 7) is 0.722. The van der Waals surface area contributed by atoms with Gasteiger partial charge in [-0.3, -0.25) is 9.36 Å². The van der Waals surface area contributed by atoms with Gasteiger partial charge in [-0.05, 0) is 24.3 Å². The van der Waals surface area contributed by atoms with Crippen LogP contribution in [0, 0.1) is 0 Å². The first-order valence-corrected chi connectivity index (χ1v) is 9.65. The summed E-state index contributed by atoms with van der Waals surface area (Å²) in [5.74, 6) is 1.01. The number of nitrogens with zero attached hydrogens (tertiary/aromatic N) is 3. The smallest absolute Gasteiger partial charge is 0.257 e. The van der Waals surface area contributed by atoms with Crippen molar-refractivity contribution in [2.75, 3.05) is 40.2 Å². The van der Waals surface area contributed by atoms with Crippen LogP contribution in [-0.4, -0.2) is 54.9 Å². The summed E-state index contributed by atoms with van der Waals surface area (Å²) in [6.07, 6.45) is 0. The van der Waals surface area contributed by atoms with Crippen LogP contribution in [0.5, 0.6) is 11.5 Å². The number of hydrogen-bond donors (Lipinski definition) is 2. The molecule has 9 nitrogen and oxygen atoms in total. The summed E-state index contributed by atoms with van der Waals surface area (Å²) in [7, 11) is 4.70. The summed E-state index contributed by atoms with van der Waals surface area (Å²) >= 11 is 0. The fourth-order valence-electron chi connectivity index (χ4n) is 3.45. The maximum atomic E-state index is 13.0. The highest BCUT2D eigenvalue weighted by atomic mass is 16.5. The van der Waals surface area contributed by atoms with Gasteiger partial charge in [0.15, 0.2) is 5.65 Å². The first kappa shape index (κ1) is 20.4. The Labute approximate surface area is 178 Å². The lowest BCUT2D eigenvalue weighted by molar-refractivity contribution is 0.0939. The number of carbonyl (C=O) groups excluding carboxylic acids is 1. The quantitative estimate of drug-likeness (QED) is 0.441. The van der Waals surface area contributed by atoms with E-state index in [0.717, 1.165) is 0 Å². The van der Waals surface area contributed by atoms with Crippen LogP contribution in [0.25, 0.3) is 27.9 Å². The highest BCUT2D eigenvalue weighted by molar-refractivity contribution is 6.11. The predicted molar refractivity (Wildman–Crippen MR) is 118 cm³/mol. The number of nitrogens with one attached hydrogen (secondary N) is 1. The van der Waals surface area contributed by atoms with E-state index < -0.39 is 0 Å². The standard InChI is InChI=1S/C22H23N5O4/c1-29-11-10-24-22(28)18-19-21(26-15-7-5-4-6-14(15)25-19)27(20(18)23)16-9-8-13(30-2)12-17(16)31-3/h4-9,12H,10-11,23H2,1-3H3,(H,24,28). The number of nitrogens with two attached hydrogens (primary N) is 1. The van der Waals surface area contributed by atoms with Crippen LogP contribution >= 0.6 is 0 Å². The van der Waals surface area contributed by atoms with Crippen LogP contribution in [-0.2, 0) is 4.74 Å². The van der Waals surface area contributed by atoms with Crippen molar-refractivity contribution in [1.29, 1.82) is 0 Å². The highest BCUT2D eigenvalue weighted by Crippen LogP contribution is 2.36. The van der Waals surface area contributed by atoms with E-state index in [1.54, 1.807) is 44.1 Å². The molecule has 0 radical (unpaired) electrons. The van der Waals surface area contributed by atoms with E-state index in [9.17, 15) is 4.79 Å². The summed E-state index contributed by atoms with van der Waals surface area (Å²) in [4.78, 5) is 22.5. The maximum absolute atomic E-state index is 13.0. The molecule has 160 valence electrons. The number of benzene rings is 2. The van der Waals surface area contributed by atoms with Gasteiger partial charge in [0, 0.05) is 19.7 Å². The molecule has 2 aromatic heterocycles. The van der Waals surface area contributed by atoms with E-state index >= 15 is 0 Å². The molecular formula is C22H23N5O4. The Balaban J connectivity index is 2.00. The minimum atomic E-state index is -0.352. The topological polar surface area (TPSA) is 114 Å². The Kier molecular flexibility index (Phi) is 5.59. The SMILES string of the molecule is COCCNC(=O)c1c(N)n(-c2ccc(OC)cc2OC)c2nc3ccccc3nc12. The van der Waals surface area contributed by atoms with Gasteiger partial charge in [-0.25, -0.2) is 9.97 Å². The Morgan fingerprint density at radius 1 is 1.06 bits per heavy atom. The lowest BCUT2D eigenvalue weighted by Gasteiger charge is -2.13. The molecule has 31 heavy (non-hydrogen) atoms. The Bertz CT molecular complexity index is 1270. The van der Waals surface area contributed by atoms with E-state index in [1.165, 1.54) is 0 Å². The zero-order valence-corrected chi connectivity index (χ0v) is 17.5. The van der Waals surface area contributed by atoms with Gasteiger partial charge in [-0.15, -0.1) is 0 Å². The zero-order chi connectivity index (χ0) is 22.0. The third-order valence-corrected chi connectivity index (χ3v) is 4.94. The number of methoxy groups -OCH3 is 3. The van der Waals surface area contributed by atoms with Crippen molar-refractivity contribution < 1.29 is 19.0 Å². The van der Waals surface area contributed by atoms with Gasteiger partial charge >= 0.3 is 0 Å². The number of aromatic nitrogens is 3. The number of rotatable bonds is 7. The molecule has 0 atom stereocenters. The second-order valence-corrected chi connectivity index (χ2v) is 6.77. The van der Waals surface area contributed by atoms with Crippen LogP contribution < -0.4 is 20.5 Å². The van der Waals surface area contributed by atoms with Gasteiger partial charge in [0.1, 0.15) is 28.4 Å². The van der Waals surface area contributed by atoms with Gasteiger partial charge in [0.2, 0.25) is 0 Å². The molecular weight excluding hydrogens is 398 g/mol. The van der Waals surface area contributed by atoms with Crippen molar-refractivity contribution >= 4 is 33.9 Å². The van der Waals surface area contributed by atoms with Gasteiger partial charge in [-0.2, -0.15) is 0 Å². The molecule has 0 aliphatic carbocycles. The van der Waals surface area contributed by atoms with E-state index in [1.807, 2.05) is 24.3 Å². The molecule has 0 aliphatic rings. The van der Waals surface area contributed by atoms with Crippen molar-refractivity contribution in [1.82, 2.24) is 19.9 Å². The second-order valence-electron chi connectivity index (χ2n) is 6.77. The van der Waals surface area contributed by atoms with Crippen molar-refractivity contribution in [3.63, 3.8) is 0 Å². The molecule has 4 rings (SSSR count). The van der Waals surface area contributed by atoms with Crippen molar-refractivity contribution in [3.05, 3.63) is 48.0 Å². The van der Waals surface area contributed by atoms with Crippen LogP contribution in [0.3, 0.4) is 0 Å². The normalized spacial score (nSPS) is 11.1. The molecule has 0 bridgehead atoms. The Hall–Kier alpha value is -3.85. The molecule has 9 heteroatoms. The molecule has 2 heterocycles. The van der Waals surface area contributed by atoms with Crippen LogP contribution in [0.15, 0.2) is 42.5 Å². The fraction of sp³-hybridized carbons (Fsp3) is 0.227. The minimum absolute atomic E-state index is 0.212. The Morgan fingerprint density at radius 3 is 2.48 bits per heavy atom. The monoisotopic (exact) mass is 421 g/mol. The number of carbonyl (C=O) groups is 1. The third-order valence-electron chi connectivity index (χ3n) is 4.94. The summed E-state index contributed by atoms with van der Waals surface area (Å²) in [5.41, 5.74) is 9.60. The number of fused-ring (bicyclic) bond motifs is 2. The van der Waals surface area contributed by atoms with E-state index in [0.29, 0.717) is 52.5 Å². The maximum Gasteiger partial charge on any atom is 0.257 e. The van der Waals surface area contributed by atoms with E-state index in [4.69, 9.17) is 29.9 Å². The molecule has 0 fully saturated rings. The molecule has 0 aliphatic heterocycles. The van der Waals surface area contributed by atoms with Crippen molar-refractivity contribution in [3.8, 4) is 17.2 Å². The molecule has 2 aromatic carbocycles. The molecule has 3 N–H and O–H groups in total. The van der Waals surface area contributed by atoms with Gasteiger partial charge in [0.05, 0.1) is 37.5 Å². The van der Waals surface area contributed by atoms with Gasteiger partial charge in [0.25, 0.3) is 5.91 Å². The Morgan fingerprint density at radius 2 is 1.81 bits per heavy atom. The largest absolute Gasteiger partial charge is 0.497 e. The molecule has 0 saturated carbocycles. The average molecular weight is 421 g/mol. The summed E-state index contributed by atoms with van der Waals surface area (Å²) < 4.78 is 17.6. The van der Waals surface area contributed by atoms with Crippen molar-refractivity contribution in [2.45, 2.75) is 0 Å². The van der Waals surface area contributed by atoms with E-state index in [-0.39, 0.29) is 17.3 Å². The summed E-state index contributed by atoms with van der Waals surface area (Å²) in [5, 5.41) is 2.82. The molecule has 1 amide bonds. The predicted octanol–water partition coefficient (Wildman–Crippen LogP) is 2.55. The van der Waals surface area contributed by atoms with Crippen LogP contribution in [0.2, 0.25) is 0 Å². The van der Waals surface area contributed by atoms with Crippen LogP contribution in [0.1, 0.15) is 10.4 Å². The highest BCUT2D eigenvalue weighted by Gasteiger charge is 2.26. The molecule has 0 spiro atoms. The van der Waals surface area contributed by atoms with Gasteiger partial charge in [-0.1, -0.05) is 12.1 Å². The van der Waals surface area contributed by atoms with Gasteiger partial charge < -0.3 is 25.3 Å². The van der Waals surface area contributed by atoms with Crippen LogP contribution in [0.4, 0.5) is 5.82 Å². The molecule has 0 saturated heterocycles. The first-order chi connectivity index (χ1) is 15.1. The van der Waals surface area contributed by atoms with E-state index in [2.05, 4.69) is 5.32 Å². The lowest BCUT2D eigenvalue weighted by atomic mass is 10.2. The lowest BCUT2D eigenvalue weighted by Crippen LogP contribution is -2.27. The average Bonchev–Trinajstić information content (AvgIpc) is 3.07. The molecule has 0 unspecified atom stereocenters. The number of amides is 1. The number of hydrogen-bond acceptors (Lipinski definition) is 7. The zero-order valence-electron chi connectivity index (χ0n) is 17.5. The number of anilines is 1. The fourth-order valence-corrected chi connectivity index (χ4v) is 3.45. The number of ether oxygens (including phenoxy) is 3. The number of nitrogen functional groups attached to an aromatic ring is 1. The third kappa shape index (κ3) is 3.59. The number of para-hydroxylation sites is 2.